The second-order valence-corrected chi connectivity index (χ2v) is 5.73. The summed E-state index contributed by atoms with van der Waals surface area (Å²) < 4.78 is 5.34. The quantitative estimate of drug-likeness (QED) is 0.820. The molecule has 0 aromatic heterocycles. The van der Waals surface area contributed by atoms with Crippen molar-refractivity contribution >= 4 is 17.5 Å². The molecule has 1 fully saturated rings. The summed E-state index contributed by atoms with van der Waals surface area (Å²) in [5, 5.41) is 2.91. The number of amides is 2. The molecule has 1 saturated heterocycles. The predicted octanol–water partition coefficient (Wildman–Crippen LogP) is 2.27. The number of unbranched alkanes of at least 4 members (excludes halogenated alkanes) is 1. The first-order valence-electron chi connectivity index (χ1n) is 7.79. The van der Waals surface area contributed by atoms with E-state index >= 15 is 0 Å². The molecule has 1 atom stereocenters. The number of benzene rings is 1. The minimum atomic E-state index is -0.283. The van der Waals surface area contributed by atoms with Gasteiger partial charge >= 0.3 is 0 Å². The second-order valence-electron chi connectivity index (χ2n) is 5.73. The third kappa shape index (κ3) is 3.59. The third-order valence-electron chi connectivity index (χ3n) is 3.95. The summed E-state index contributed by atoms with van der Waals surface area (Å²) in [5.41, 5.74) is 1.80. The van der Waals surface area contributed by atoms with Crippen LogP contribution in [0.5, 0.6) is 5.75 Å². The Morgan fingerprint density at radius 2 is 2.23 bits per heavy atom. The fourth-order valence-electron chi connectivity index (χ4n) is 2.66. The zero-order chi connectivity index (χ0) is 16.1. The SMILES string of the molecule is CCCCNC(=O)C1CC(=O)N(c2cc(C)ccc2OC)C1. The van der Waals surface area contributed by atoms with E-state index in [1.165, 1.54) is 0 Å². The van der Waals surface area contributed by atoms with Gasteiger partial charge in [-0.15, -0.1) is 0 Å². The predicted molar refractivity (Wildman–Crippen MR) is 86.1 cm³/mol. The van der Waals surface area contributed by atoms with Crippen molar-refractivity contribution in [3.63, 3.8) is 0 Å². The van der Waals surface area contributed by atoms with E-state index in [4.69, 9.17) is 4.74 Å². The molecule has 0 bridgehead atoms. The van der Waals surface area contributed by atoms with Crippen LogP contribution in [-0.4, -0.2) is 32.0 Å². The van der Waals surface area contributed by atoms with E-state index < -0.39 is 0 Å². The molecule has 1 heterocycles. The molecule has 0 radical (unpaired) electrons. The van der Waals surface area contributed by atoms with Gasteiger partial charge in [0, 0.05) is 19.5 Å². The number of carbonyl (C=O) groups is 2. The highest BCUT2D eigenvalue weighted by Crippen LogP contribution is 2.33. The van der Waals surface area contributed by atoms with Crippen LogP contribution in [0.4, 0.5) is 5.69 Å². The molecule has 0 aliphatic carbocycles. The van der Waals surface area contributed by atoms with Crippen LogP contribution in [0, 0.1) is 12.8 Å². The summed E-state index contributed by atoms with van der Waals surface area (Å²) in [6.07, 6.45) is 2.26. The lowest BCUT2D eigenvalue weighted by Crippen LogP contribution is -2.33. The first-order chi connectivity index (χ1) is 10.6. The van der Waals surface area contributed by atoms with Crippen molar-refractivity contribution in [2.75, 3.05) is 25.1 Å². The van der Waals surface area contributed by atoms with Crippen molar-refractivity contribution in [1.29, 1.82) is 0 Å². The second kappa shape index (κ2) is 7.29. The van der Waals surface area contributed by atoms with Crippen LogP contribution in [0.15, 0.2) is 18.2 Å². The third-order valence-corrected chi connectivity index (χ3v) is 3.95. The number of nitrogens with zero attached hydrogens (tertiary/aromatic N) is 1. The summed E-state index contributed by atoms with van der Waals surface area (Å²) in [5.74, 6) is 0.316. The smallest absolute Gasteiger partial charge is 0.227 e. The van der Waals surface area contributed by atoms with Crippen LogP contribution in [0.1, 0.15) is 31.7 Å². The Balaban J connectivity index is 2.09. The summed E-state index contributed by atoms with van der Waals surface area (Å²) >= 11 is 0. The number of carbonyl (C=O) groups excluding carboxylic acids is 2. The summed E-state index contributed by atoms with van der Waals surface area (Å²) in [4.78, 5) is 26.1. The molecule has 1 aliphatic heterocycles. The molecule has 0 spiro atoms. The van der Waals surface area contributed by atoms with Crippen LogP contribution in [0.3, 0.4) is 0 Å². The first-order valence-corrected chi connectivity index (χ1v) is 7.79. The summed E-state index contributed by atoms with van der Waals surface area (Å²) in [7, 11) is 1.59. The topological polar surface area (TPSA) is 58.6 Å². The molecule has 1 unspecified atom stereocenters. The molecule has 5 nitrogen and oxygen atoms in total. The van der Waals surface area contributed by atoms with Crippen LogP contribution in [0.2, 0.25) is 0 Å². The van der Waals surface area contributed by atoms with Gasteiger partial charge in [-0.05, 0) is 31.0 Å². The minimum absolute atomic E-state index is 0.0282. The highest BCUT2D eigenvalue weighted by Gasteiger charge is 2.36. The molecule has 1 aromatic carbocycles. The van der Waals surface area contributed by atoms with Gasteiger partial charge in [0.2, 0.25) is 11.8 Å². The number of aryl methyl sites for hydroxylation is 1. The molecule has 120 valence electrons. The zero-order valence-electron chi connectivity index (χ0n) is 13.5. The first kappa shape index (κ1) is 16.3. The summed E-state index contributed by atoms with van der Waals surface area (Å²) in [6.45, 7) is 5.14. The largest absolute Gasteiger partial charge is 0.495 e. The van der Waals surface area contributed by atoms with Crippen molar-refractivity contribution in [2.45, 2.75) is 33.1 Å². The van der Waals surface area contributed by atoms with E-state index in [0.29, 0.717) is 18.8 Å². The lowest BCUT2D eigenvalue weighted by atomic mass is 10.1. The molecule has 2 amide bonds. The van der Waals surface area contributed by atoms with Crippen LogP contribution < -0.4 is 15.0 Å². The van der Waals surface area contributed by atoms with Crippen molar-refractivity contribution in [2.24, 2.45) is 5.92 Å². The van der Waals surface area contributed by atoms with E-state index in [1.54, 1.807) is 12.0 Å². The average molecular weight is 304 g/mol. The van der Waals surface area contributed by atoms with E-state index in [2.05, 4.69) is 12.2 Å². The molecule has 0 saturated carbocycles. The Labute approximate surface area is 131 Å². The van der Waals surface area contributed by atoms with Crippen molar-refractivity contribution < 1.29 is 14.3 Å². The maximum atomic E-state index is 12.3. The Morgan fingerprint density at radius 1 is 1.45 bits per heavy atom. The zero-order valence-corrected chi connectivity index (χ0v) is 13.5. The standard InChI is InChI=1S/C17H24N2O3/c1-4-5-8-18-17(21)13-10-16(20)19(11-13)14-9-12(2)6-7-15(14)22-3/h6-7,9,13H,4-5,8,10-11H2,1-3H3,(H,18,21). The van der Waals surface area contributed by atoms with Crippen LogP contribution in [-0.2, 0) is 9.59 Å². The number of hydrogen-bond donors (Lipinski definition) is 1. The fourth-order valence-corrected chi connectivity index (χ4v) is 2.66. The monoisotopic (exact) mass is 304 g/mol. The van der Waals surface area contributed by atoms with Crippen LogP contribution >= 0.6 is 0 Å². The van der Waals surface area contributed by atoms with Gasteiger partial charge < -0.3 is 15.0 Å². The number of anilines is 1. The van der Waals surface area contributed by atoms with Gasteiger partial charge in [-0.3, -0.25) is 9.59 Å². The Bertz CT molecular complexity index is 557. The number of methoxy groups -OCH3 is 1. The van der Waals surface area contributed by atoms with E-state index in [-0.39, 0.29) is 24.2 Å². The van der Waals surface area contributed by atoms with Gasteiger partial charge in [-0.2, -0.15) is 0 Å². The minimum Gasteiger partial charge on any atom is -0.495 e. The number of nitrogens with one attached hydrogen (secondary N) is 1. The lowest BCUT2D eigenvalue weighted by Gasteiger charge is -2.20. The molecular formula is C17H24N2O3. The molecule has 1 N–H and O–H groups in total. The highest BCUT2D eigenvalue weighted by atomic mass is 16.5. The van der Waals surface area contributed by atoms with Gasteiger partial charge in [0.25, 0.3) is 0 Å². The van der Waals surface area contributed by atoms with Crippen molar-refractivity contribution in [1.82, 2.24) is 5.32 Å². The van der Waals surface area contributed by atoms with Gasteiger partial charge in [-0.25, -0.2) is 0 Å². The van der Waals surface area contributed by atoms with Gasteiger partial charge in [-0.1, -0.05) is 19.4 Å². The Hall–Kier alpha value is -2.04. The van der Waals surface area contributed by atoms with Gasteiger partial charge in [0.05, 0.1) is 18.7 Å². The normalized spacial score (nSPS) is 17.7. The van der Waals surface area contributed by atoms with Crippen LogP contribution in [0.25, 0.3) is 0 Å². The van der Waals surface area contributed by atoms with Gasteiger partial charge in [0.1, 0.15) is 5.75 Å². The molecule has 1 aliphatic rings. The summed E-state index contributed by atoms with van der Waals surface area (Å²) in [6, 6.07) is 5.72. The number of rotatable bonds is 6. The lowest BCUT2D eigenvalue weighted by molar-refractivity contribution is -0.126. The molecular weight excluding hydrogens is 280 g/mol. The van der Waals surface area contributed by atoms with Crippen molar-refractivity contribution in [3.8, 4) is 5.75 Å². The van der Waals surface area contributed by atoms with E-state index in [1.807, 2.05) is 25.1 Å². The van der Waals surface area contributed by atoms with E-state index in [0.717, 1.165) is 24.1 Å². The fraction of sp³-hybridized carbons (Fsp3) is 0.529. The number of ether oxygens (including phenoxy) is 1. The maximum Gasteiger partial charge on any atom is 0.227 e. The van der Waals surface area contributed by atoms with Crippen molar-refractivity contribution in [3.05, 3.63) is 23.8 Å². The molecule has 1 aromatic rings. The highest BCUT2D eigenvalue weighted by molar-refractivity contribution is 6.01. The Kier molecular flexibility index (Phi) is 5.41. The Morgan fingerprint density at radius 3 is 2.91 bits per heavy atom. The number of hydrogen-bond acceptors (Lipinski definition) is 3. The molecule has 22 heavy (non-hydrogen) atoms. The molecule has 2 rings (SSSR count). The maximum absolute atomic E-state index is 12.3. The molecule has 5 heteroatoms. The average Bonchev–Trinajstić information content (AvgIpc) is 2.89. The van der Waals surface area contributed by atoms with E-state index in [9.17, 15) is 9.59 Å². The van der Waals surface area contributed by atoms with Gasteiger partial charge in [0.15, 0.2) is 0 Å².